The molecule has 0 aromatic heterocycles. The van der Waals surface area contributed by atoms with E-state index in [1.54, 1.807) is 4.90 Å². The average molecular weight is 239 g/mol. The van der Waals surface area contributed by atoms with E-state index in [9.17, 15) is 13.6 Å². The minimum Gasteiger partial charge on any atom is -0.333 e. The Morgan fingerprint density at radius 2 is 1.94 bits per heavy atom. The molecule has 0 atom stereocenters. The van der Waals surface area contributed by atoms with Crippen molar-refractivity contribution in [1.29, 1.82) is 0 Å². The van der Waals surface area contributed by atoms with Gasteiger partial charge in [0.1, 0.15) is 0 Å². The summed E-state index contributed by atoms with van der Waals surface area (Å²) in [6.45, 7) is 3.85. The van der Waals surface area contributed by atoms with Crippen LogP contribution in [0.2, 0.25) is 0 Å². The summed E-state index contributed by atoms with van der Waals surface area (Å²) in [6.07, 6.45) is 1.99. The van der Waals surface area contributed by atoms with Crippen LogP contribution in [0.1, 0.15) is 37.0 Å². The van der Waals surface area contributed by atoms with E-state index in [0.29, 0.717) is 0 Å². The first-order chi connectivity index (χ1) is 8.00. The lowest BCUT2D eigenvalue weighted by atomic mass is 10.1. The molecule has 0 aliphatic heterocycles. The van der Waals surface area contributed by atoms with E-state index < -0.39 is 11.6 Å². The summed E-state index contributed by atoms with van der Waals surface area (Å²) in [5.74, 6) is -2.12. The third-order valence-electron chi connectivity index (χ3n) is 2.90. The van der Waals surface area contributed by atoms with E-state index >= 15 is 0 Å². The Hall–Kier alpha value is -1.45. The maximum absolute atomic E-state index is 13.1. The molecule has 0 spiro atoms. The molecule has 1 aromatic carbocycles. The molecule has 92 valence electrons. The van der Waals surface area contributed by atoms with Crippen molar-refractivity contribution in [3.05, 3.63) is 35.4 Å². The van der Waals surface area contributed by atoms with Gasteiger partial charge in [-0.1, -0.05) is 0 Å². The Morgan fingerprint density at radius 3 is 2.41 bits per heavy atom. The van der Waals surface area contributed by atoms with Gasteiger partial charge in [0.25, 0.3) is 5.91 Å². The molecule has 1 aromatic rings. The fourth-order valence-corrected chi connectivity index (χ4v) is 1.95. The maximum Gasteiger partial charge on any atom is 0.254 e. The summed E-state index contributed by atoms with van der Waals surface area (Å²) < 4.78 is 25.9. The predicted molar refractivity (Wildman–Crippen MR) is 60.7 cm³/mol. The van der Waals surface area contributed by atoms with Crippen LogP contribution < -0.4 is 0 Å². The molecule has 0 unspecified atom stereocenters. The summed E-state index contributed by atoms with van der Waals surface area (Å²) in [4.78, 5) is 13.9. The van der Waals surface area contributed by atoms with Gasteiger partial charge in [0.2, 0.25) is 0 Å². The van der Waals surface area contributed by atoms with Crippen molar-refractivity contribution in [2.24, 2.45) is 0 Å². The quantitative estimate of drug-likeness (QED) is 0.794. The second-order valence-electron chi connectivity index (χ2n) is 4.67. The van der Waals surface area contributed by atoms with Gasteiger partial charge in [-0.25, -0.2) is 8.78 Å². The monoisotopic (exact) mass is 239 g/mol. The molecule has 4 heteroatoms. The normalized spacial score (nSPS) is 15.1. The van der Waals surface area contributed by atoms with Crippen molar-refractivity contribution in [3.63, 3.8) is 0 Å². The zero-order valence-corrected chi connectivity index (χ0v) is 9.91. The SMILES string of the molecule is CC(C)N(C(=O)c1ccc(F)c(F)c1)C1CC1. The number of hydrogen-bond acceptors (Lipinski definition) is 1. The van der Waals surface area contributed by atoms with Gasteiger partial charge in [-0.3, -0.25) is 4.79 Å². The topological polar surface area (TPSA) is 20.3 Å². The van der Waals surface area contributed by atoms with E-state index in [2.05, 4.69) is 0 Å². The number of carbonyl (C=O) groups is 1. The van der Waals surface area contributed by atoms with Crippen molar-refractivity contribution in [3.8, 4) is 0 Å². The van der Waals surface area contributed by atoms with Crippen LogP contribution in [0.15, 0.2) is 18.2 Å². The van der Waals surface area contributed by atoms with Crippen LogP contribution in [0.4, 0.5) is 8.78 Å². The van der Waals surface area contributed by atoms with E-state index in [1.807, 2.05) is 13.8 Å². The van der Waals surface area contributed by atoms with Crippen LogP contribution in [-0.2, 0) is 0 Å². The predicted octanol–water partition coefficient (Wildman–Crippen LogP) is 2.98. The molecule has 0 saturated heterocycles. The molecule has 2 rings (SSSR count). The molecule has 0 bridgehead atoms. The van der Waals surface area contributed by atoms with Crippen LogP contribution in [-0.4, -0.2) is 22.9 Å². The number of halogens is 2. The standard InChI is InChI=1S/C13H15F2NO/c1-8(2)16(10-4-5-10)13(17)9-3-6-11(14)12(15)7-9/h3,6-8,10H,4-5H2,1-2H3. The number of amides is 1. The van der Waals surface area contributed by atoms with Gasteiger partial charge in [0.15, 0.2) is 11.6 Å². The Balaban J connectivity index is 2.25. The summed E-state index contributed by atoms with van der Waals surface area (Å²) >= 11 is 0. The van der Waals surface area contributed by atoms with Crippen molar-refractivity contribution in [2.45, 2.75) is 38.8 Å². The molecule has 1 fully saturated rings. The number of rotatable bonds is 3. The molecule has 0 radical (unpaired) electrons. The molecule has 17 heavy (non-hydrogen) atoms. The molecular formula is C13H15F2NO. The van der Waals surface area contributed by atoms with Gasteiger partial charge in [-0.2, -0.15) is 0 Å². The number of benzene rings is 1. The van der Waals surface area contributed by atoms with E-state index in [-0.39, 0.29) is 23.6 Å². The molecule has 0 heterocycles. The second kappa shape index (κ2) is 4.43. The van der Waals surface area contributed by atoms with Crippen LogP contribution in [0.25, 0.3) is 0 Å². The van der Waals surface area contributed by atoms with Crippen molar-refractivity contribution in [2.75, 3.05) is 0 Å². The van der Waals surface area contributed by atoms with E-state index in [1.165, 1.54) is 6.07 Å². The number of hydrogen-bond donors (Lipinski definition) is 0. The van der Waals surface area contributed by atoms with Gasteiger partial charge < -0.3 is 4.90 Å². The molecule has 1 aliphatic rings. The lowest BCUT2D eigenvalue weighted by molar-refractivity contribution is 0.0689. The number of nitrogens with zero attached hydrogens (tertiary/aromatic N) is 1. The zero-order chi connectivity index (χ0) is 12.6. The third kappa shape index (κ3) is 2.46. The van der Waals surface area contributed by atoms with Crippen LogP contribution in [0.3, 0.4) is 0 Å². The van der Waals surface area contributed by atoms with Crippen molar-refractivity contribution in [1.82, 2.24) is 4.90 Å². The van der Waals surface area contributed by atoms with E-state index in [4.69, 9.17) is 0 Å². The van der Waals surface area contributed by atoms with Gasteiger partial charge in [0.05, 0.1) is 0 Å². The fourth-order valence-electron chi connectivity index (χ4n) is 1.95. The Bertz CT molecular complexity index is 439. The summed E-state index contributed by atoms with van der Waals surface area (Å²) in [5.41, 5.74) is 0.213. The molecule has 2 nitrogen and oxygen atoms in total. The first-order valence-corrected chi connectivity index (χ1v) is 5.78. The Morgan fingerprint density at radius 1 is 1.29 bits per heavy atom. The lowest BCUT2D eigenvalue weighted by Gasteiger charge is -2.26. The zero-order valence-electron chi connectivity index (χ0n) is 9.91. The second-order valence-corrected chi connectivity index (χ2v) is 4.67. The Labute approximate surface area is 99.2 Å². The maximum atomic E-state index is 13.1. The summed E-state index contributed by atoms with van der Waals surface area (Å²) in [6, 6.07) is 3.63. The van der Waals surface area contributed by atoms with Crippen LogP contribution in [0, 0.1) is 11.6 Å². The summed E-state index contributed by atoms with van der Waals surface area (Å²) in [5, 5.41) is 0. The minimum atomic E-state index is -0.977. The largest absolute Gasteiger partial charge is 0.333 e. The molecule has 1 amide bonds. The van der Waals surface area contributed by atoms with Gasteiger partial charge in [-0.05, 0) is 44.9 Å². The first kappa shape index (κ1) is 12.0. The molecule has 0 N–H and O–H groups in total. The van der Waals surface area contributed by atoms with Gasteiger partial charge >= 0.3 is 0 Å². The van der Waals surface area contributed by atoms with E-state index in [0.717, 1.165) is 25.0 Å². The number of carbonyl (C=O) groups excluding carboxylic acids is 1. The van der Waals surface area contributed by atoms with Crippen molar-refractivity contribution < 1.29 is 13.6 Å². The highest BCUT2D eigenvalue weighted by Crippen LogP contribution is 2.30. The van der Waals surface area contributed by atoms with Crippen LogP contribution in [0.5, 0.6) is 0 Å². The minimum absolute atomic E-state index is 0.0723. The third-order valence-corrected chi connectivity index (χ3v) is 2.90. The highest BCUT2D eigenvalue weighted by Gasteiger charge is 2.34. The highest BCUT2D eigenvalue weighted by molar-refractivity contribution is 5.94. The van der Waals surface area contributed by atoms with Gasteiger partial charge in [-0.15, -0.1) is 0 Å². The highest BCUT2D eigenvalue weighted by atomic mass is 19.2. The molecular weight excluding hydrogens is 224 g/mol. The van der Waals surface area contributed by atoms with Gasteiger partial charge in [0, 0.05) is 17.6 Å². The molecule has 1 aliphatic carbocycles. The molecule has 1 saturated carbocycles. The first-order valence-electron chi connectivity index (χ1n) is 5.78. The fraction of sp³-hybridized carbons (Fsp3) is 0.462. The average Bonchev–Trinajstić information content (AvgIpc) is 3.06. The lowest BCUT2D eigenvalue weighted by Crippen LogP contribution is -2.38. The Kier molecular flexibility index (Phi) is 3.13. The van der Waals surface area contributed by atoms with Crippen LogP contribution >= 0.6 is 0 Å². The van der Waals surface area contributed by atoms with Crippen molar-refractivity contribution >= 4 is 5.91 Å². The summed E-state index contributed by atoms with van der Waals surface area (Å²) in [7, 11) is 0. The smallest absolute Gasteiger partial charge is 0.254 e.